The van der Waals surface area contributed by atoms with E-state index >= 15 is 0 Å². The van der Waals surface area contributed by atoms with E-state index in [-0.39, 0.29) is 5.91 Å². The van der Waals surface area contributed by atoms with Gasteiger partial charge in [0.1, 0.15) is 0 Å². The van der Waals surface area contributed by atoms with Crippen LogP contribution in [0.5, 0.6) is 0 Å². The maximum absolute atomic E-state index is 10.6. The van der Waals surface area contributed by atoms with Gasteiger partial charge in [-0.3, -0.25) is 4.79 Å². The van der Waals surface area contributed by atoms with Crippen molar-refractivity contribution in [2.75, 3.05) is 59.8 Å². The van der Waals surface area contributed by atoms with Crippen LogP contribution >= 0.6 is 0 Å². The van der Waals surface area contributed by atoms with Gasteiger partial charge in [0, 0.05) is 26.7 Å². The normalized spacial score (nSPS) is 10.6. The smallest absolute Gasteiger partial charge is 0.216 e. The number of carbonyl (C=O) groups excluding carboxylic acids is 1. The zero-order valence-corrected chi connectivity index (χ0v) is 12.2. The summed E-state index contributed by atoms with van der Waals surface area (Å²) in [4.78, 5) is 10.6. The van der Waals surface area contributed by atoms with Crippen molar-refractivity contribution < 1.29 is 19.0 Å². The first-order valence-corrected chi connectivity index (χ1v) is 6.89. The van der Waals surface area contributed by atoms with Crippen LogP contribution in [0, 0.1) is 0 Å². The fraction of sp³-hybridized carbons (Fsp3) is 0.923. The average Bonchev–Trinajstić information content (AvgIpc) is 2.39. The lowest BCUT2D eigenvalue weighted by molar-refractivity contribution is -0.119. The van der Waals surface area contributed by atoms with Gasteiger partial charge in [-0.15, -0.1) is 0 Å². The number of amides is 1. The minimum atomic E-state index is -0.00180. The predicted octanol–water partition coefficient (Wildman–Crippen LogP) is 0.172. The molecule has 0 aromatic rings. The Kier molecular flexibility index (Phi) is 14.8. The van der Waals surface area contributed by atoms with E-state index < -0.39 is 0 Å². The van der Waals surface area contributed by atoms with Crippen molar-refractivity contribution in [1.82, 2.24) is 10.6 Å². The minimum absolute atomic E-state index is 0.00180. The summed E-state index contributed by atoms with van der Waals surface area (Å²) in [6, 6.07) is 0. The van der Waals surface area contributed by atoms with Gasteiger partial charge in [0.25, 0.3) is 0 Å². The maximum Gasteiger partial charge on any atom is 0.216 e. The second-order valence-corrected chi connectivity index (χ2v) is 4.13. The van der Waals surface area contributed by atoms with Crippen LogP contribution in [0.2, 0.25) is 0 Å². The minimum Gasteiger partial charge on any atom is -0.379 e. The van der Waals surface area contributed by atoms with E-state index in [2.05, 4.69) is 10.6 Å². The van der Waals surface area contributed by atoms with Crippen LogP contribution in [-0.4, -0.2) is 65.7 Å². The molecule has 0 aromatic carbocycles. The van der Waals surface area contributed by atoms with Gasteiger partial charge in [0.05, 0.1) is 26.4 Å². The third-order valence-electron chi connectivity index (χ3n) is 2.30. The highest BCUT2D eigenvalue weighted by molar-refractivity contribution is 5.72. The molecule has 0 aliphatic rings. The number of nitrogens with one attached hydrogen (secondary N) is 2. The van der Waals surface area contributed by atoms with Crippen LogP contribution in [0.4, 0.5) is 0 Å². The number of ether oxygens (including phenoxy) is 3. The number of rotatable bonds is 14. The zero-order valence-electron chi connectivity index (χ0n) is 12.2. The summed E-state index contributed by atoms with van der Waals surface area (Å²) < 4.78 is 16.1. The quantitative estimate of drug-likeness (QED) is 0.443. The first-order valence-electron chi connectivity index (χ1n) is 6.89. The molecular weight excluding hydrogens is 248 g/mol. The summed E-state index contributed by atoms with van der Waals surface area (Å²) in [5, 5.41) is 5.78. The standard InChI is InChI=1S/C13H28N2O4/c1-13(16)15-6-4-8-18-10-12-19-11-9-17-7-3-5-14-2/h14H,3-12H2,1-2H3,(H,15,16). The van der Waals surface area contributed by atoms with Gasteiger partial charge >= 0.3 is 0 Å². The first kappa shape index (κ1) is 18.3. The molecule has 0 aliphatic carbocycles. The third-order valence-corrected chi connectivity index (χ3v) is 2.30. The number of hydrogen-bond acceptors (Lipinski definition) is 5. The molecule has 1 amide bonds. The van der Waals surface area contributed by atoms with Crippen molar-refractivity contribution in [3.05, 3.63) is 0 Å². The van der Waals surface area contributed by atoms with Crippen molar-refractivity contribution in [1.29, 1.82) is 0 Å². The molecule has 0 unspecified atom stereocenters. The number of carbonyl (C=O) groups is 1. The lowest BCUT2D eigenvalue weighted by Gasteiger charge is -2.07. The topological polar surface area (TPSA) is 68.8 Å². The number of hydrogen-bond donors (Lipinski definition) is 2. The predicted molar refractivity (Wildman–Crippen MR) is 74.3 cm³/mol. The first-order chi connectivity index (χ1) is 9.27. The van der Waals surface area contributed by atoms with Crippen LogP contribution < -0.4 is 10.6 Å². The van der Waals surface area contributed by atoms with Crippen molar-refractivity contribution >= 4 is 5.91 Å². The molecule has 6 heteroatoms. The summed E-state index contributed by atoms with van der Waals surface area (Å²) in [6.45, 7) is 6.97. The van der Waals surface area contributed by atoms with E-state index in [0.29, 0.717) is 39.6 Å². The van der Waals surface area contributed by atoms with E-state index in [1.54, 1.807) is 0 Å². The van der Waals surface area contributed by atoms with E-state index in [4.69, 9.17) is 14.2 Å². The third kappa shape index (κ3) is 17.3. The Labute approximate surface area is 116 Å². The molecule has 0 aliphatic heterocycles. The highest BCUT2D eigenvalue weighted by Gasteiger charge is 1.93. The molecule has 0 saturated carbocycles. The molecule has 19 heavy (non-hydrogen) atoms. The van der Waals surface area contributed by atoms with Crippen molar-refractivity contribution in [2.45, 2.75) is 19.8 Å². The van der Waals surface area contributed by atoms with Gasteiger partial charge in [-0.1, -0.05) is 0 Å². The molecule has 2 N–H and O–H groups in total. The SMILES string of the molecule is CNCCCOCCOCCOCCCNC(C)=O. The summed E-state index contributed by atoms with van der Waals surface area (Å²) >= 11 is 0. The van der Waals surface area contributed by atoms with Gasteiger partial charge < -0.3 is 24.8 Å². The summed E-state index contributed by atoms with van der Waals surface area (Å²) in [6.07, 6.45) is 1.85. The van der Waals surface area contributed by atoms with Gasteiger partial charge in [-0.25, -0.2) is 0 Å². The van der Waals surface area contributed by atoms with Crippen LogP contribution in [0.3, 0.4) is 0 Å². The highest BCUT2D eigenvalue weighted by Crippen LogP contribution is 1.85. The molecule has 0 radical (unpaired) electrons. The Bertz CT molecular complexity index is 203. The zero-order chi connectivity index (χ0) is 14.2. The molecule has 0 fully saturated rings. The van der Waals surface area contributed by atoms with E-state index in [1.165, 1.54) is 6.92 Å². The molecule has 0 bridgehead atoms. The Morgan fingerprint density at radius 2 is 1.32 bits per heavy atom. The van der Waals surface area contributed by atoms with E-state index in [9.17, 15) is 4.79 Å². The Hall–Kier alpha value is -0.690. The fourth-order valence-electron chi connectivity index (χ4n) is 1.33. The molecule has 0 rings (SSSR count). The van der Waals surface area contributed by atoms with E-state index in [0.717, 1.165) is 26.0 Å². The van der Waals surface area contributed by atoms with E-state index in [1.807, 2.05) is 7.05 Å². The van der Waals surface area contributed by atoms with Crippen LogP contribution in [0.25, 0.3) is 0 Å². The molecule has 0 saturated heterocycles. The van der Waals surface area contributed by atoms with Gasteiger partial charge in [-0.05, 0) is 26.4 Å². The monoisotopic (exact) mass is 276 g/mol. The van der Waals surface area contributed by atoms with Gasteiger partial charge in [0.15, 0.2) is 0 Å². The van der Waals surface area contributed by atoms with Crippen LogP contribution in [-0.2, 0) is 19.0 Å². The highest BCUT2D eigenvalue weighted by atomic mass is 16.5. The maximum atomic E-state index is 10.6. The fourth-order valence-corrected chi connectivity index (χ4v) is 1.33. The summed E-state index contributed by atoms with van der Waals surface area (Å²) in [5.41, 5.74) is 0. The molecule has 0 heterocycles. The lowest BCUT2D eigenvalue weighted by atomic mass is 10.4. The largest absolute Gasteiger partial charge is 0.379 e. The molecule has 0 aromatic heterocycles. The average molecular weight is 276 g/mol. The Balaban J connectivity index is 2.93. The molecule has 114 valence electrons. The van der Waals surface area contributed by atoms with Crippen molar-refractivity contribution in [3.8, 4) is 0 Å². The summed E-state index contributed by atoms with van der Waals surface area (Å²) in [7, 11) is 1.93. The van der Waals surface area contributed by atoms with Gasteiger partial charge in [-0.2, -0.15) is 0 Å². The Morgan fingerprint density at radius 1 is 0.842 bits per heavy atom. The van der Waals surface area contributed by atoms with Crippen LogP contribution in [0.15, 0.2) is 0 Å². The Morgan fingerprint density at radius 3 is 1.79 bits per heavy atom. The van der Waals surface area contributed by atoms with Crippen molar-refractivity contribution in [3.63, 3.8) is 0 Å². The second kappa shape index (κ2) is 15.4. The van der Waals surface area contributed by atoms with Crippen LogP contribution in [0.1, 0.15) is 19.8 Å². The molecule has 0 atom stereocenters. The lowest BCUT2D eigenvalue weighted by Crippen LogP contribution is -2.22. The summed E-state index contributed by atoms with van der Waals surface area (Å²) in [5.74, 6) is -0.00180. The van der Waals surface area contributed by atoms with Crippen molar-refractivity contribution in [2.24, 2.45) is 0 Å². The molecular formula is C13H28N2O4. The molecule has 6 nitrogen and oxygen atoms in total. The van der Waals surface area contributed by atoms with Gasteiger partial charge in [0.2, 0.25) is 5.91 Å². The second-order valence-electron chi connectivity index (χ2n) is 4.13. The molecule has 0 spiro atoms.